The molecule has 0 spiro atoms. The molecule has 7 heteroatoms. The quantitative estimate of drug-likeness (QED) is 0.793. The molecule has 0 aromatic heterocycles. The van der Waals surface area contributed by atoms with Crippen molar-refractivity contribution in [3.8, 4) is 0 Å². The summed E-state index contributed by atoms with van der Waals surface area (Å²) in [7, 11) is -3.57. The van der Waals surface area contributed by atoms with E-state index >= 15 is 0 Å². The van der Waals surface area contributed by atoms with E-state index in [0.717, 1.165) is 0 Å². The van der Waals surface area contributed by atoms with Crippen molar-refractivity contribution in [2.75, 3.05) is 18.8 Å². The smallest absolute Gasteiger partial charge is 0.243 e. The van der Waals surface area contributed by atoms with E-state index < -0.39 is 16.1 Å². The first-order chi connectivity index (χ1) is 8.32. The number of sulfonamides is 1. The fraction of sp³-hybridized carbons (Fsp3) is 0.455. The lowest BCUT2D eigenvalue weighted by Gasteiger charge is -2.18. The molecular weight excluding hydrogens is 320 g/mol. The summed E-state index contributed by atoms with van der Waals surface area (Å²) >= 11 is 3.27. The van der Waals surface area contributed by atoms with Gasteiger partial charge in [0.15, 0.2) is 0 Å². The van der Waals surface area contributed by atoms with Gasteiger partial charge in [-0.15, -0.1) is 0 Å². The van der Waals surface area contributed by atoms with Crippen LogP contribution in [0.3, 0.4) is 0 Å². The van der Waals surface area contributed by atoms with E-state index in [2.05, 4.69) is 15.9 Å². The molecule has 1 aromatic carbocycles. The Labute approximate surface area is 115 Å². The minimum atomic E-state index is -3.57. The number of nitrogens with two attached hydrogens (primary N) is 1. The second-order valence-electron chi connectivity index (χ2n) is 4.44. The Kier molecular flexibility index (Phi) is 3.68. The molecule has 0 bridgehead atoms. The van der Waals surface area contributed by atoms with Crippen LogP contribution in [0.4, 0.5) is 5.69 Å². The number of hydrogen-bond donors (Lipinski definition) is 2. The summed E-state index contributed by atoms with van der Waals surface area (Å²) in [5, 5.41) is 9.44. The summed E-state index contributed by atoms with van der Waals surface area (Å²) in [6.07, 6.45) is -0.0996. The maximum absolute atomic E-state index is 12.4. The highest BCUT2D eigenvalue weighted by Crippen LogP contribution is 2.29. The zero-order chi connectivity index (χ0) is 13.5. The molecule has 1 aliphatic rings. The number of nitrogens with zero attached hydrogens (tertiary/aromatic N) is 1. The van der Waals surface area contributed by atoms with Crippen molar-refractivity contribution in [2.24, 2.45) is 0 Å². The van der Waals surface area contributed by atoms with Crippen molar-refractivity contribution in [2.45, 2.75) is 24.3 Å². The minimum absolute atomic E-state index is 0.151. The van der Waals surface area contributed by atoms with Crippen LogP contribution in [0.2, 0.25) is 0 Å². The molecule has 1 aromatic rings. The first-order valence-corrected chi connectivity index (χ1v) is 7.79. The molecule has 3 N–H and O–H groups in total. The molecule has 2 rings (SSSR count). The van der Waals surface area contributed by atoms with Gasteiger partial charge in [0, 0.05) is 23.2 Å². The van der Waals surface area contributed by atoms with Crippen LogP contribution in [0.25, 0.3) is 0 Å². The SMILES string of the molecule is Cc1cc(Br)c(N)cc1S(=O)(=O)N1CCC(O)C1. The Morgan fingerprint density at radius 1 is 1.50 bits per heavy atom. The van der Waals surface area contributed by atoms with Crippen LogP contribution >= 0.6 is 15.9 Å². The standard InChI is InChI=1S/C11H15BrN2O3S/c1-7-4-9(12)10(13)5-11(7)18(16,17)14-3-2-8(15)6-14/h4-5,8,15H,2-3,6,13H2,1H3. The molecule has 0 saturated carbocycles. The van der Waals surface area contributed by atoms with Crippen molar-refractivity contribution >= 4 is 31.6 Å². The van der Waals surface area contributed by atoms with Gasteiger partial charge in [0.2, 0.25) is 10.0 Å². The summed E-state index contributed by atoms with van der Waals surface area (Å²) in [5.41, 5.74) is 6.76. The summed E-state index contributed by atoms with van der Waals surface area (Å²) in [5.74, 6) is 0. The van der Waals surface area contributed by atoms with Crippen molar-refractivity contribution in [1.82, 2.24) is 4.31 Å². The highest BCUT2D eigenvalue weighted by atomic mass is 79.9. The van der Waals surface area contributed by atoms with Crippen LogP contribution < -0.4 is 5.73 Å². The van der Waals surface area contributed by atoms with Crippen molar-refractivity contribution < 1.29 is 13.5 Å². The largest absolute Gasteiger partial charge is 0.398 e. The van der Waals surface area contributed by atoms with Gasteiger partial charge >= 0.3 is 0 Å². The van der Waals surface area contributed by atoms with E-state index in [4.69, 9.17) is 5.73 Å². The second kappa shape index (κ2) is 4.80. The van der Waals surface area contributed by atoms with Gasteiger partial charge in [-0.3, -0.25) is 0 Å². The number of aryl methyl sites for hydroxylation is 1. The van der Waals surface area contributed by atoms with E-state index in [-0.39, 0.29) is 11.4 Å². The molecule has 0 aliphatic carbocycles. The van der Waals surface area contributed by atoms with E-state index in [1.54, 1.807) is 13.0 Å². The van der Waals surface area contributed by atoms with Gasteiger partial charge in [0.05, 0.1) is 11.0 Å². The number of anilines is 1. The minimum Gasteiger partial charge on any atom is -0.398 e. The molecule has 1 aliphatic heterocycles. The fourth-order valence-corrected chi connectivity index (χ4v) is 4.21. The van der Waals surface area contributed by atoms with Crippen LogP contribution in [0.5, 0.6) is 0 Å². The second-order valence-corrected chi connectivity index (χ2v) is 7.21. The molecular formula is C11H15BrN2O3S. The maximum Gasteiger partial charge on any atom is 0.243 e. The lowest BCUT2D eigenvalue weighted by molar-refractivity contribution is 0.189. The predicted molar refractivity (Wildman–Crippen MR) is 72.7 cm³/mol. The van der Waals surface area contributed by atoms with Gasteiger partial charge in [-0.05, 0) is 47.0 Å². The number of hydrogen-bond acceptors (Lipinski definition) is 4. The van der Waals surface area contributed by atoms with Crippen LogP contribution in [-0.4, -0.2) is 37.0 Å². The zero-order valence-corrected chi connectivity index (χ0v) is 12.3. The first-order valence-electron chi connectivity index (χ1n) is 5.56. The van der Waals surface area contributed by atoms with Crippen molar-refractivity contribution in [3.05, 3.63) is 22.2 Å². The number of benzene rings is 1. The third-order valence-electron chi connectivity index (χ3n) is 3.04. The summed E-state index contributed by atoms with van der Waals surface area (Å²) in [4.78, 5) is 0.206. The molecule has 5 nitrogen and oxygen atoms in total. The van der Waals surface area contributed by atoms with Crippen molar-refractivity contribution in [1.29, 1.82) is 0 Å². The van der Waals surface area contributed by atoms with E-state index in [1.807, 2.05) is 0 Å². The number of nitrogen functional groups attached to an aromatic ring is 1. The molecule has 0 radical (unpaired) electrons. The first kappa shape index (κ1) is 13.8. The Morgan fingerprint density at radius 2 is 2.17 bits per heavy atom. The number of β-amino-alcohol motifs (C(OH)–C–C–N with tert-alkyl or cyclic N) is 1. The Morgan fingerprint density at radius 3 is 2.72 bits per heavy atom. The third kappa shape index (κ3) is 2.40. The number of rotatable bonds is 2. The van der Waals surface area contributed by atoms with Crippen LogP contribution in [0.1, 0.15) is 12.0 Å². The number of aliphatic hydroxyl groups is 1. The van der Waals surface area contributed by atoms with E-state index in [9.17, 15) is 13.5 Å². The van der Waals surface area contributed by atoms with E-state index in [0.29, 0.717) is 28.7 Å². The van der Waals surface area contributed by atoms with Crippen LogP contribution in [0, 0.1) is 6.92 Å². The van der Waals surface area contributed by atoms with Gasteiger partial charge in [0.25, 0.3) is 0 Å². The molecule has 1 atom stereocenters. The lowest BCUT2D eigenvalue weighted by atomic mass is 10.2. The summed E-state index contributed by atoms with van der Waals surface area (Å²) < 4.78 is 26.8. The average molecular weight is 335 g/mol. The summed E-state index contributed by atoms with van der Waals surface area (Å²) in [6.45, 7) is 2.22. The maximum atomic E-state index is 12.4. The molecule has 18 heavy (non-hydrogen) atoms. The van der Waals surface area contributed by atoms with Gasteiger partial charge < -0.3 is 10.8 Å². The Balaban J connectivity index is 2.45. The molecule has 1 fully saturated rings. The van der Waals surface area contributed by atoms with E-state index in [1.165, 1.54) is 10.4 Å². The highest BCUT2D eigenvalue weighted by molar-refractivity contribution is 9.10. The monoisotopic (exact) mass is 334 g/mol. The predicted octanol–water partition coefficient (Wildman–Crippen LogP) is 1.10. The normalized spacial score (nSPS) is 21.4. The highest BCUT2D eigenvalue weighted by Gasteiger charge is 2.32. The van der Waals surface area contributed by atoms with Gasteiger partial charge in [-0.1, -0.05) is 0 Å². The van der Waals surface area contributed by atoms with Crippen LogP contribution in [-0.2, 0) is 10.0 Å². The molecule has 1 unspecified atom stereocenters. The lowest BCUT2D eigenvalue weighted by Crippen LogP contribution is -2.30. The van der Waals surface area contributed by atoms with Gasteiger partial charge in [0.1, 0.15) is 0 Å². The molecule has 1 saturated heterocycles. The molecule has 0 amide bonds. The van der Waals surface area contributed by atoms with Gasteiger partial charge in [-0.2, -0.15) is 4.31 Å². The molecule has 1 heterocycles. The Hall–Kier alpha value is -0.630. The van der Waals surface area contributed by atoms with Crippen molar-refractivity contribution in [3.63, 3.8) is 0 Å². The molecule has 100 valence electrons. The Bertz CT molecular complexity index is 574. The summed E-state index contributed by atoms with van der Waals surface area (Å²) in [6, 6.07) is 3.15. The zero-order valence-electron chi connectivity index (χ0n) is 9.93. The average Bonchev–Trinajstić information content (AvgIpc) is 2.70. The fourth-order valence-electron chi connectivity index (χ4n) is 2.01. The topological polar surface area (TPSA) is 83.6 Å². The van der Waals surface area contributed by atoms with Crippen LogP contribution in [0.15, 0.2) is 21.5 Å². The number of aliphatic hydroxyl groups excluding tert-OH is 1. The number of halogens is 1. The third-order valence-corrected chi connectivity index (χ3v) is 5.73. The van der Waals surface area contributed by atoms with Gasteiger partial charge in [-0.25, -0.2) is 8.42 Å².